The molecule has 3 heterocycles. The summed E-state index contributed by atoms with van der Waals surface area (Å²) in [5.74, 6) is 1.27. The smallest absolute Gasteiger partial charge is 0.256 e. The van der Waals surface area contributed by atoms with E-state index in [1.165, 1.54) is 16.5 Å². The largest absolute Gasteiger partial charge is 0.457 e. The van der Waals surface area contributed by atoms with Gasteiger partial charge in [0.05, 0.1) is 11.1 Å². The van der Waals surface area contributed by atoms with Gasteiger partial charge in [0, 0.05) is 4.88 Å². The van der Waals surface area contributed by atoms with Crippen LogP contribution in [0.15, 0.2) is 40.8 Å². The number of carbonyl (C=O) groups excluding carboxylic acids is 1. The van der Waals surface area contributed by atoms with Crippen molar-refractivity contribution in [1.29, 1.82) is 0 Å². The Morgan fingerprint density at radius 1 is 1.19 bits per heavy atom. The molecule has 2 atom stereocenters. The second-order valence-corrected chi connectivity index (χ2v) is 8.39. The Hall–Kier alpha value is -2.60. The number of rotatable bonds is 2. The van der Waals surface area contributed by atoms with Crippen LogP contribution in [0.1, 0.15) is 46.1 Å². The first kappa shape index (κ1) is 16.6. The predicted octanol–water partition coefficient (Wildman–Crippen LogP) is 5.13. The van der Waals surface area contributed by atoms with Crippen LogP contribution < -0.4 is 10.6 Å². The monoisotopic (exact) mass is 382 g/mol. The molecule has 0 saturated heterocycles. The number of carbonyl (C=O) groups is 1. The molecular weight excluding hydrogens is 363 g/mol. The lowest BCUT2D eigenvalue weighted by Crippen LogP contribution is -2.38. The standard InChI is InChI=1S/C21H19FN2O2S/c1-11-6-7-13-17(10-11)27-21-18(13)20(25)23-19(24-21)16-9-8-15(26-16)12-4-2-3-5-14(12)22/h2-5,8-9,11,19,24H,6-7,10H2,1H3,(H,23,25). The Morgan fingerprint density at radius 2 is 2.04 bits per heavy atom. The average Bonchev–Trinajstić information content (AvgIpc) is 3.26. The Balaban J connectivity index is 1.46. The quantitative estimate of drug-likeness (QED) is 0.646. The van der Waals surface area contributed by atoms with E-state index in [1.54, 1.807) is 41.7 Å². The first-order chi connectivity index (χ1) is 13.1. The van der Waals surface area contributed by atoms with Gasteiger partial charge in [-0.15, -0.1) is 11.3 Å². The van der Waals surface area contributed by atoms with E-state index in [2.05, 4.69) is 17.6 Å². The first-order valence-electron chi connectivity index (χ1n) is 9.16. The number of anilines is 1. The Kier molecular flexibility index (Phi) is 3.82. The van der Waals surface area contributed by atoms with E-state index >= 15 is 0 Å². The Bertz CT molecular complexity index is 1040. The van der Waals surface area contributed by atoms with Crippen LogP contribution in [0, 0.1) is 11.7 Å². The van der Waals surface area contributed by atoms with Crippen molar-refractivity contribution in [1.82, 2.24) is 5.32 Å². The molecule has 0 bridgehead atoms. The molecule has 27 heavy (non-hydrogen) atoms. The molecule has 1 aromatic carbocycles. The number of benzene rings is 1. The topological polar surface area (TPSA) is 54.3 Å². The van der Waals surface area contributed by atoms with Crippen LogP contribution in [0.2, 0.25) is 0 Å². The summed E-state index contributed by atoms with van der Waals surface area (Å²) in [4.78, 5) is 14.1. The minimum absolute atomic E-state index is 0.0651. The summed E-state index contributed by atoms with van der Waals surface area (Å²) in [7, 11) is 0. The van der Waals surface area contributed by atoms with Gasteiger partial charge in [-0.2, -0.15) is 0 Å². The minimum atomic E-state index is -0.456. The van der Waals surface area contributed by atoms with Crippen molar-refractivity contribution in [2.45, 2.75) is 32.4 Å². The third-order valence-electron chi connectivity index (χ3n) is 5.34. The molecule has 2 N–H and O–H groups in total. The minimum Gasteiger partial charge on any atom is -0.457 e. The molecule has 2 aliphatic rings. The molecule has 1 amide bonds. The molecule has 1 aliphatic carbocycles. The molecule has 1 aliphatic heterocycles. The predicted molar refractivity (Wildman–Crippen MR) is 103 cm³/mol. The van der Waals surface area contributed by atoms with E-state index in [1.807, 2.05) is 0 Å². The number of fused-ring (bicyclic) bond motifs is 3. The van der Waals surface area contributed by atoms with E-state index < -0.39 is 6.17 Å². The zero-order chi connectivity index (χ0) is 18.5. The third kappa shape index (κ3) is 2.75. The lowest BCUT2D eigenvalue weighted by molar-refractivity contribution is 0.0930. The fourth-order valence-electron chi connectivity index (χ4n) is 3.92. The summed E-state index contributed by atoms with van der Waals surface area (Å²) in [6.45, 7) is 2.26. The molecule has 2 unspecified atom stereocenters. The molecule has 3 aromatic rings. The van der Waals surface area contributed by atoms with Gasteiger partial charge in [-0.05, 0) is 55.0 Å². The van der Waals surface area contributed by atoms with E-state index in [9.17, 15) is 9.18 Å². The summed E-state index contributed by atoms with van der Waals surface area (Å²) < 4.78 is 19.9. The van der Waals surface area contributed by atoms with Crippen LogP contribution >= 0.6 is 11.3 Å². The summed E-state index contributed by atoms with van der Waals surface area (Å²) in [5, 5.41) is 7.29. The lowest BCUT2D eigenvalue weighted by Gasteiger charge is -2.25. The second kappa shape index (κ2) is 6.23. The van der Waals surface area contributed by atoms with Crippen LogP contribution in [0.4, 0.5) is 9.39 Å². The molecule has 0 spiro atoms. The van der Waals surface area contributed by atoms with Gasteiger partial charge in [0.2, 0.25) is 0 Å². The normalized spacial score (nSPS) is 21.2. The fraction of sp³-hybridized carbons (Fsp3) is 0.286. The number of hydrogen-bond donors (Lipinski definition) is 2. The van der Waals surface area contributed by atoms with Gasteiger partial charge >= 0.3 is 0 Å². The van der Waals surface area contributed by atoms with Crippen molar-refractivity contribution in [2.24, 2.45) is 5.92 Å². The maximum Gasteiger partial charge on any atom is 0.256 e. The highest BCUT2D eigenvalue weighted by Crippen LogP contribution is 2.43. The van der Waals surface area contributed by atoms with Crippen molar-refractivity contribution in [3.05, 3.63) is 64.0 Å². The van der Waals surface area contributed by atoms with Gasteiger partial charge in [-0.3, -0.25) is 4.79 Å². The molecule has 0 fully saturated rings. The maximum absolute atomic E-state index is 14.0. The molecule has 0 saturated carbocycles. The molecule has 6 heteroatoms. The van der Waals surface area contributed by atoms with Crippen molar-refractivity contribution >= 4 is 22.2 Å². The summed E-state index contributed by atoms with van der Waals surface area (Å²) in [6, 6.07) is 10.0. The molecule has 4 nitrogen and oxygen atoms in total. The van der Waals surface area contributed by atoms with E-state index in [4.69, 9.17) is 4.42 Å². The first-order valence-corrected chi connectivity index (χ1v) is 9.98. The second-order valence-electron chi connectivity index (χ2n) is 7.29. The van der Waals surface area contributed by atoms with E-state index in [-0.39, 0.29) is 11.7 Å². The van der Waals surface area contributed by atoms with Crippen LogP contribution in [-0.4, -0.2) is 5.91 Å². The average molecular weight is 382 g/mol. The number of thiophene rings is 1. The van der Waals surface area contributed by atoms with Crippen LogP contribution in [0.3, 0.4) is 0 Å². The Labute approximate surface area is 160 Å². The van der Waals surface area contributed by atoms with Gasteiger partial charge in [-0.25, -0.2) is 4.39 Å². The molecule has 138 valence electrons. The fourth-order valence-corrected chi connectivity index (χ4v) is 5.36. The maximum atomic E-state index is 14.0. The molecule has 5 rings (SSSR count). The van der Waals surface area contributed by atoms with E-state index in [0.29, 0.717) is 23.0 Å². The highest BCUT2D eigenvalue weighted by Gasteiger charge is 2.34. The van der Waals surface area contributed by atoms with Gasteiger partial charge in [0.1, 0.15) is 22.3 Å². The van der Waals surface area contributed by atoms with Gasteiger partial charge in [0.15, 0.2) is 6.17 Å². The number of halogens is 1. The van der Waals surface area contributed by atoms with Gasteiger partial charge in [0.25, 0.3) is 5.91 Å². The van der Waals surface area contributed by atoms with Crippen LogP contribution in [-0.2, 0) is 12.8 Å². The number of amides is 1. The third-order valence-corrected chi connectivity index (χ3v) is 6.53. The van der Waals surface area contributed by atoms with Crippen LogP contribution in [0.5, 0.6) is 0 Å². The van der Waals surface area contributed by atoms with Crippen molar-refractivity contribution in [3.8, 4) is 11.3 Å². The summed E-state index contributed by atoms with van der Waals surface area (Å²) >= 11 is 1.68. The molecular formula is C21H19FN2O2S. The molecule has 0 radical (unpaired) electrons. The van der Waals surface area contributed by atoms with Crippen molar-refractivity contribution in [3.63, 3.8) is 0 Å². The highest BCUT2D eigenvalue weighted by atomic mass is 32.1. The molecule has 2 aromatic heterocycles. The Morgan fingerprint density at radius 3 is 2.89 bits per heavy atom. The summed E-state index contributed by atoms with van der Waals surface area (Å²) in [5.41, 5.74) is 2.40. The van der Waals surface area contributed by atoms with Crippen molar-refractivity contribution in [2.75, 3.05) is 5.32 Å². The number of hydrogen-bond acceptors (Lipinski definition) is 4. The van der Waals surface area contributed by atoms with Crippen LogP contribution in [0.25, 0.3) is 11.3 Å². The number of nitrogens with one attached hydrogen (secondary N) is 2. The van der Waals surface area contributed by atoms with Gasteiger partial charge < -0.3 is 15.1 Å². The zero-order valence-electron chi connectivity index (χ0n) is 14.8. The lowest BCUT2D eigenvalue weighted by atomic mass is 9.88. The SMILES string of the molecule is CC1CCc2c(sc3c2C(=O)NC(c2ccc(-c4ccccc4F)o2)N3)C1. The van der Waals surface area contributed by atoms with Gasteiger partial charge in [-0.1, -0.05) is 19.1 Å². The van der Waals surface area contributed by atoms with Crippen molar-refractivity contribution < 1.29 is 13.6 Å². The number of furan rings is 1. The highest BCUT2D eigenvalue weighted by molar-refractivity contribution is 7.16. The summed E-state index contributed by atoms with van der Waals surface area (Å²) in [6.07, 6.45) is 2.66. The zero-order valence-corrected chi connectivity index (χ0v) is 15.7. The van der Waals surface area contributed by atoms with E-state index in [0.717, 1.165) is 29.8 Å².